The summed E-state index contributed by atoms with van der Waals surface area (Å²) < 4.78 is 1.38. The first-order chi connectivity index (χ1) is 15.0. The Morgan fingerprint density at radius 3 is 2.35 bits per heavy atom. The second kappa shape index (κ2) is 9.06. The lowest BCUT2D eigenvalue weighted by Crippen LogP contribution is -2.31. The molecule has 1 N–H and O–H groups in total. The maximum absolute atomic E-state index is 12.5. The standard InChI is InChI=1S/C24H22N4O2S/c1-16-23(31-17(2)26-16)21-12-13-22(29)28(27-21)15-14-25-24(30)20-10-8-19(9-11-20)18-6-4-3-5-7-18/h3-13H,14-15H2,1-2H3,(H,25,30). The number of thiazole rings is 1. The molecule has 0 fully saturated rings. The van der Waals surface area contributed by atoms with Crippen LogP contribution in [0.15, 0.2) is 71.5 Å². The number of amides is 1. The van der Waals surface area contributed by atoms with Crippen LogP contribution in [0.2, 0.25) is 0 Å². The molecule has 4 aromatic rings. The fourth-order valence-corrected chi connectivity index (χ4v) is 4.21. The smallest absolute Gasteiger partial charge is 0.266 e. The first-order valence-corrected chi connectivity index (χ1v) is 10.8. The molecule has 0 bridgehead atoms. The molecule has 0 saturated carbocycles. The average molecular weight is 431 g/mol. The first kappa shape index (κ1) is 20.7. The van der Waals surface area contributed by atoms with Crippen LogP contribution in [0.25, 0.3) is 21.7 Å². The SMILES string of the molecule is Cc1nc(C)c(-c2ccc(=O)n(CCNC(=O)c3ccc(-c4ccccc4)cc3)n2)s1. The van der Waals surface area contributed by atoms with Crippen molar-refractivity contribution in [1.82, 2.24) is 20.1 Å². The van der Waals surface area contributed by atoms with Gasteiger partial charge in [0.15, 0.2) is 0 Å². The van der Waals surface area contributed by atoms with E-state index >= 15 is 0 Å². The van der Waals surface area contributed by atoms with E-state index in [1.54, 1.807) is 29.5 Å². The van der Waals surface area contributed by atoms with Gasteiger partial charge in [0.25, 0.3) is 11.5 Å². The third-order valence-corrected chi connectivity index (χ3v) is 5.96. The van der Waals surface area contributed by atoms with Gasteiger partial charge in [-0.05, 0) is 43.2 Å². The Labute approximate surface area is 184 Å². The topological polar surface area (TPSA) is 76.9 Å². The van der Waals surface area contributed by atoms with Crippen molar-refractivity contribution in [1.29, 1.82) is 0 Å². The Hall–Kier alpha value is -3.58. The Kier molecular flexibility index (Phi) is 6.04. The van der Waals surface area contributed by atoms with Crippen LogP contribution in [0.1, 0.15) is 21.1 Å². The number of carbonyl (C=O) groups is 1. The second-order valence-corrected chi connectivity index (χ2v) is 8.33. The normalized spacial score (nSPS) is 10.8. The van der Waals surface area contributed by atoms with Crippen LogP contribution < -0.4 is 10.9 Å². The van der Waals surface area contributed by atoms with Gasteiger partial charge < -0.3 is 5.32 Å². The summed E-state index contributed by atoms with van der Waals surface area (Å²) in [4.78, 5) is 30.0. The monoisotopic (exact) mass is 430 g/mol. The number of aromatic nitrogens is 3. The van der Waals surface area contributed by atoms with Crippen LogP contribution in [0.5, 0.6) is 0 Å². The van der Waals surface area contributed by atoms with Gasteiger partial charge in [-0.25, -0.2) is 9.67 Å². The predicted octanol–water partition coefficient (Wildman–Crippen LogP) is 4.08. The number of hydrogen-bond donors (Lipinski definition) is 1. The van der Waals surface area contributed by atoms with Gasteiger partial charge in [-0.2, -0.15) is 5.10 Å². The molecular formula is C24H22N4O2S. The minimum atomic E-state index is -0.205. The van der Waals surface area contributed by atoms with Crippen molar-refractivity contribution in [2.45, 2.75) is 20.4 Å². The summed E-state index contributed by atoms with van der Waals surface area (Å²) in [6, 6.07) is 20.7. The molecule has 0 aliphatic carbocycles. The third kappa shape index (κ3) is 4.78. The lowest BCUT2D eigenvalue weighted by molar-refractivity contribution is 0.0952. The minimum Gasteiger partial charge on any atom is -0.350 e. The lowest BCUT2D eigenvalue weighted by atomic mass is 10.0. The quantitative estimate of drug-likeness (QED) is 0.500. The van der Waals surface area contributed by atoms with Gasteiger partial charge in [0.1, 0.15) is 5.69 Å². The van der Waals surface area contributed by atoms with Gasteiger partial charge in [0.05, 0.1) is 22.1 Å². The van der Waals surface area contributed by atoms with Gasteiger partial charge in [0, 0.05) is 18.2 Å². The number of benzene rings is 2. The zero-order chi connectivity index (χ0) is 21.8. The third-order valence-electron chi connectivity index (χ3n) is 4.87. The molecule has 2 aromatic carbocycles. The van der Waals surface area contributed by atoms with Crippen molar-refractivity contribution < 1.29 is 4.79 Å². The molecule has 4 rings (SSSR count). The van der Waals surface area contributed by atoms with E-state index < -0.39 is 0 Å². The fraction of sp³-hybridized carbons (Fsp3) is 0.167. The van der Waals surface area contributed by atoms with E-state index in [-0.39, 0.29) is 18.0 Å². The largest absolute Gasteiger partial charge is 0.350 e. The molecule has 0 saturated heterocycles. The van der Waals surface area contributed by atoms with E-state index in [9.17, 15) is 9.59 Å². The van der Waals surface area contributed by atoms with Crippen LogP contribution >= 0.6 is 11.3 Å². The Morgan fingerprint density at radius 1 is 0.968 bits per heavy atom. The Morgan fingerprint density at radius 2 is 1.68 bits per heavy atom. The first-order valence-electron chi connectivity index (χ1n) is 9.97. The van der Waals surface area contributed by atoms with Gasteiger partial charge in [-0.3, -0.25) is 9.59 Å². The van der Waals surface area contributed by atoms with E-state index in [2.05, 4.69) is 15.4 Å². The summed E-state index contributed by atoms with van der Waals surface area (Å²) in [7, 11) is 0. The summed E-state index contributed by atoms with van der Waals surface area (Å²) in [6.07, 6.45) is 0. The van der Waals surface area contributed by atoms with Crippen LogP contribution in [0.4, 0.5) is 0 Å². The molecule has 0 unspecified atom stereocenters. The second-order valence-electron chi connectivity index (χ2n) is 7.13. The molecule has 0 radical (unpaired) electrons. The number of aryl methyl sites for hydroxylation is 2. The number of nitrogens with zero attached hydrogens (tertiary/aromatic N) is 3. The van der Waals surface area contributed by atoms with E-state index in [1.165, 1.54) is 10.7 Å². The summed E-state index contributed by atoms with van der Waals surface area (Å²) in [5.41, 5.74) is 4.14. The molecular weight excluding hydrogens is 408 g/mol. The maximum atomic E-state index is 12.5. The Bertz CT molecular complexity index is 1260. The van der Waals surface area contributed by atoms with Gasteiger partial charge >= 0.3 is 0 Å². The molecule has 2 heterocycles. The van der Waals surface area contributed by atoms with Crippen LogP contribution in [-0.2, 0) is 6.54 Å². The van der Waals surface area contributed by atoms with E-state index in [0.717, 1.165) is 26.7 Å². The van der Waals surface area contributed by atoms with Gasteiger partial charge in [-0.15, -0.1) is 11.3 Å². The minimum absolute atomic E-state index is 0.183. The highest BCUT2D eigenvalue weighted by atomic mass is 32.1. The van der Waals surface area contributed by atoms with Crippen molar-refractivity contribution in [2.75, 3.05) is 6.54 Å². The molecule has 0 spiro atoms. The lowest BCUT2D eigenvalue weighted by Gasteiger charge is -2.09. The molecule has 1 amide bonds. The number of rotatable bonds is 6. The van der Waals surface area contributed by atoms with Gasteiger partial charge in [0.2, 0.25) is 0 Å². The van der Waals surface area contributed by atoms with Crippen LogP contribution in [0, 0.1) is 13.8 Å². The zero-order valence-corrected chi connectivity index (χ0v) is 18.1. The number of carbonyl (C=O) groups excluding carboxylic acids is 1. The van der Waals surface area contributed by atoms with Crippen molar-refractivity contribution in [3.63, 3.8) is 0 Å². The fourth-order valence-electron chi connectivity index (χ4n) is 3.32. The molecule has 156 valence electrons. The molecule has 0 atom stereocenters. The molecule has 31 heavy (non-hydrogen) atoms. The molecule has 6 nitrogen and oxygen atoms in total. The summed E-state index contributed by atoms with van der Waals surface area (Å²) >= 11 is 1.55. The van der Waals surface area contributed by atoms with Crippen LogP contribution in [-0.4, -0.2) is 27.2 Å². The summed E-state index contributed by atoms with van der Waals surface area (Å²) in [6.45, 7) is 4.46. The molecule has 0 aliphatic heterocycles. The van der Waals surface area contributed by atoms with Crippen molar-refractivity contribution in [2.24, 2.45) is 0 Å². The van der Waals surface area contributed by atoms with Crippen LogP contribution in [0.3, 0.4) is 0 Å². The van der Waals surface area contributed by atoms with Crippen molar-refractivity contribution >= 4 is 17.2 Å². The predicted molar refractivity (Wildman–Crippen MR) is 123 cm³/mol. The molecule has 7 heteroatoms. The number of hydrogen-bond acceptors (Lipinski definition) is 5. The number of nitrogens with one attached hydrogen (secondary N) is 1. The van der Waals surface area contributed by atoms with Crippen molar-refractivity contribution in [3.05, 3.63) is 93.3 Å². The highest BCUT2D eigenvalue weighted by Gasteiger charge is 2.11. The van der Waals surface area contributed by atoms with Gasteiger partial charge in [-0.1, -0.05) is 42.5 Å². The summed E-state index contributed by atoms with van der Waals surface area (Å²) in [5, 5.41) is 8.27. The highest BCUT2D eigenvalue weighted by molar-refractivity contribution is 7.15. The average Bonchev–Trinajstić information content (AvgIpc) is 3.13. The van der Waals surface area contributed by atoms with E-state index in [0.29, 0.717) is 17.8 Å². The highest BCUT2D eigenvalue weighted by Crippen LogP contribution is 2.27. The zero-order valence-electron chi connectivity index (χ0n) is 17.3. The summed E-state index contributed by atoms with van der Waals surface area (Å²) in [5.74, 6) is -0.183. The molecule has 0 aliphatic rings. The Balaban J connectivity index is 1.40. The maximum Gasteiger partial charge on any atom is 0.266 e. The molecule has 2 aromatic heterocycles. The van der Waals surface area contributed by atoms with E-state index in [1.807, 2.05) is 56.3 Å². The van der Waals surface area contributed by atoms with Crippen molar-refractivity contribution in [3.8, 4) is 21.7 Å². The van der Waals surface area contributed by atoms with E-state index in [4.69, 9.17) is 0 Å².